The smallest absolute Gasteiger partial charge is 0.0622 e. The van der Waals surface area contributed by atoms with E-state index in [-0.39, 0.29) is 5.60 Å². The van der Waals surface area contributed by atoms with Gasteiger partial charge in [0.15, 0.2) is 0 Å². The Morgan fingerprint density at radius 1 is 1.07 bits per heavy atom. The van der Waals surface area contributed by atoms with Crippen LogP contribution in [0.15, 0.2) is 0 Å². The summed E-state index contributed by atoms with van der Waals surface area (Å²) in [6.45, 7) is 7.08. The minimum absolute atomic E-state index is 0.0343. The Labute approximate surface area is 88.2 Å². The molecule has 0 bridgehead atoms. The summed E-state index contributed by atoms with van der Waals surface area (Å²) in [5.41, 5.74) is 0.0343. The molecule has 86 valence electrons. The number of unbranched alkanes of at least 4 members (excludes halogenated alkanes) is 1. The van der Waals surface area contributed by atoms with E-state index >= 15 is 0 Å². The van der Waals surface area contributed by atoms with Crippen LogP contribution in [-0.2, 0) is 9.47 Å². The number of hydrogen-bond donors (Lipinski definition) is 1. The lowest BCUT2D eigenvalue weighted by atomic mass is 10.0. The molecule has 0 saturated heterocycles. The maximum Gasteiger partial charge on any atom is 0.0622 e. The molecule has 0 rings (SSSR count). The summed E-state index contributed by atoms with van der Waals surface area (Å²) < 4.78 is 10.3. The number of methoxy groups -OCH3 is 2. The fraction of sp³-hybridized carbons (Fsp3) is 1.00. The summed E-state index contributed by atoms with van der Waals surface area (Å²) in [4.78, 5) is 0. The van der Waals surface area contributed by atoms with Crippen LogP contribution in [0.25, 0.3) is 0 Å². The third-order valence-corrected chi connectivity index (χ3v) is 2.42. The van der Waals surface area contributed by atoms with Gasteiger partial charge in [-0.2, -0.15) is 0 Å². The zero-order chi connectivity index (χ0) is 10.9. The number of hydrogen-bond acceptors (Lipinski definition) is 3. The van der Waals surface area contributed by atoms with Crippen molar-refractivity contribution in [3.63, 3.8) is 0 Å². The van der Waals surface area contributed by atoms with Crippen molar-refractivity contribution in [3.05, 3.63) is 0 Å². The molecular weight excluding hydrogens is 178 g/mol. The third-order valence-electron chi connectivity index (χ3n) is 2.42. The molecule has 0 atom stereocenters. The van der Waals surface area contributed by atoms with Crippen LogP contribution >= 0.6 is 0 Å². The summed E-state index contributed by atoms with van der Waals surface area (Å²) in [6.07, 6.45) is 3.53. The van der Waals surface area contributed by atoms with Gasteiger partial charge in [-0.15, -0.1) is 0 Å². The fourth-order valence-corrected chi connectivity index (χ4v) is 1.20. The molecule has 0 radical (unpaired) electrons. The van der Waals surface area contributed by atoms with Crippen molar-refractivity contribution in [2.75, 3.05) is 33.9 Å². The van der Waals surface area contributed by atoms with Crippen LogP contribution in [0.1, 0.15) is 33.1 Å². The molecule has 0 saturated carbocycles. The van der Waals surface area contributed by atoms with Gasteiger partial charge in [-0.25, -0.2) is 0 Å². The third kappa shape index (κ3) is 8.48. The maximum atomic E-state index is 5.34. The Morgan fingerprint density at radius 3 is 2.36 bits per heavy atom. The van der Waals surface area contributed by atoms with Gasteiger partial charge in [-0.3, -0.25) is 0 Å². The Balaban J connectivity index is 3.13. The van der Waals surface area contributed by atoms with Crippen molar-refractivity contribution in [2.45, 2.75) is 38.7 Å². The van der Waals surface area contributed by atoms with Crippen LogP contribution in [0.2, 0.25) is 0 Å². The second-order valence-electron chi connectivity index (χ2n) is 4.16. The highest BCUT2D eigenvalue weighted by molar-refractivity contribution is 4.67. The first-order valence-corrected chi connectivity index (χ1v) is 5.37. The normalized spacial score (nSPS) is 12.0. The van der Waals surface area contributed by atoms with Crippen molar-refractivity contribution in [2.24, 2.45) is 0 Å². The largest absolute Gasteiger partial charge is 0.383 e. The highest BCUT2D eigenvalue weighted by atomic mass is 16.5. The van der Waals surface area contributed by atoms with Gasteiger partial charge in [0.1, 0.15) is 0 Å². The Hall–Kier alpha value is -0.120. The molecule has 0 aliphatic heterocycles. The van der Waals surface area contributed by atoms with Crippen LogP contribution in [0, 0.1) is 0 Å². The van der Waals surface area contributed by atoms with Crippen molar-refractivity contribution >= 4 is 0 Å². The Kier molecular flexibility index (Phi) is 8.14. The monoisotopic (exact) mass is 203 g/mol. The maximum absolute atomic E-state index is 5.34. The molecule has 0 fully saturated rings. The number of nitrogens with one attached hydrogen (secondary N) is 1. The zero-order valence-electron chi connectivity index (χ0n) is 10.1. The first-order valence-electron chi connectivity index (χ1n) is 5.37. The standard InChI is InChI=1S/C11H25NO2/c1-11(2,14-4)7-5-6-8-12-9-10-13-3/h12H,5-10H2,1-4H3. The van der Waals surface area contributed by atoms with E-state index in [0.717, 1.165) is 26.1 Å². The van der Waals surface area contributed by atoms with Crippen molar-refractivity contribution in [1.29, 1.82) is 0 Å². The van der Waals surface area contributed by atoms with Gasteiger partial charge in [0, 0.05) is 20.8 Å². The van der Waals surface area contributed by atoms with Crippen LogP contribution in [0.5, 0.6) is 0 Å². The molecule has 0 spiro atoms. The Bertz CT molecular complexity index is 126. The summed E-state index contributed by atoms with van der Waals surface area (Å²) in [5.74, 6) is 0. The highest BCUT2D eigenvalue weighted by Crippen LogP contribution is 2.15. The average Bonchev–Trinajstić information content (AvgIpc) is 2.16. The van der Waals surface area contributed by atoms with Gasteiger partial charge in [-0.1, -0.05) is 0 Å². The first-order chi connectivity index (χ1) is 6.62. The summed E-state index contributed by atoms with van der Waals surface area (Å²) in [6, 6.07) is 0. The molecule has 0 heterocycles. The quantitative estimate of drug-likeness (QED) is 0.580. The molecule has 0 aromatic heterocycles. The predicted octanol–water partition coefficient (Wildman–Crippen LogP) is 1.82. The molecule has 0 aliphatic rings. The molecule has 0 unspecified atom stereocenters. The number of ether oxygens (including phenoxy) is 2. The lowest BCUT2D eigenvalue weighted by Gasteiger charge is -2.22. The second kappa shape index (κ2) is 8.21. The van der Waals surface area contributed by atoms with Crippen LogP contribution < -0.4 is 5.32 Å². The van der Waals surface area contributed by atoms with Crippen LogP contribution in [-0.4, -0.2) is 39.5 Å². The molecule has 3 heteroatoms. The zero-order valence-corrected chi connectivity index (χ0v) is 10.1. The molecular formula is C11H25NO2. The average molecular weight is 203 g/mol. The van der Waals surface area contributed by atoms with E-state index in [4.69, 9.17) is 9.47 Å². The van der Waals surface area contributed by atoms with Gasteiger partial charge in [-0.05, 0) is 39.7 Å². The summed E-state index contributed by atoms with van der Waals surface area (Å²) in [7, 11) is 3.50. The number of rotatable bonds is 9. The summed E-state index contributed by atoms with van der Waals surface area (Å²) >= 11 is 0. The van der Waals surface area contributed by atoms with Crippen LogP contribution in [0.3, 0.4) is 0 Å². The highest BCUT2D eigenvalue weighted by Gasteiger charge is 2.14. The van der Waals surface area contributed by atoms with E-state index < -0.39 is 0 Å². The fourth-order valence-electron chi connectivity index (χ4n) is 1.20. The van der Waals surface area contributed by atoms with E-state index in [2.05, 4.69) is 19.2 Å². The molecule has 14 heavy (non-hydrogen) atoms. The SMILES string of the molecule is COCCNCCCCC(C)(C)OC. The molecule has 1 N–H and O–H groups in total. The second-order valence-corrected chi connectivity index (χ2v) is 4.16. The van der Waals surface area contributed by atoms with Gasteiger partial charge < -0.3 is 14.8 Å². The first kappa shape index (κ1) is 13.9. The van der Waals surface area contributed by atoms with Crippen molar-refractivity contribution in [3.8, 4) is 0 Å². The van der Waals surface area contributed by atoms with Crippen LogP contribution in [0.4, 0.5) is 0 Å². The predicted molar refractivity (Wildman–Crippen MR) is 59.7 cm³/mol. The van der Waals surface area contributed by atoms with E-state index in [1.54, 1.807) is 14.2 Å². The molecule has 0 aromatic rings. The molecule has 0 aromatic carbocycles. The van der Waals surface area contributed by atoms with E-state index in [1.807, 2.05) is 0 Å². The van der Waals surface area contributed by atoms with E-state index in [9.17, 15) is 0 Å². The van der Waals surface area contributed by atoms with Crippen molar-refractivity contribution < 1.29 is 9.47 Å². The lowest BCUT2D eigenvalue weighted by Crippen LogP contribution is -2.24. The van der Waals surface area contributed by atoms with E-state index in [1.165, 1.54) is 12.8 Å². The lowest BCUT2D eigenvalue weighted by molar-refractivity contribution is 0.0135. The minimum Gasteiger partial charge on any atom is -0.383 e. The van der Waals surface area contributed by atoms with E-state index in [0.29, 0.717) is 0 Å². The topological polar surface area (TPSA) is 30.5 Å². The summed E-state index contributed by atoms with van der Waals surface area (Å²) in [5, 5.41) is 3.32. The molecule has 0 amide bonds. The Morgan fingerprint density at radius 2 is 1.79 bits per heavy atom. The van der Waals surface area contributed by atoms with Crippen molar-refractivity contribution in [1.82, 2.24) is 5.32 Å². The van der Waals surface area contributed by atoms with Gasteiger partial charge in [0.05, 0.1) is 12.2 Å². The molecule has 0 aliphatic carbocycles. The van der Waals surface area contributed by atoms with Gasteiger partial charge >= 0.3 is 0 Å². The molecule has 3 nitrogen and oxygen atoms in total. The van der Waals surface area contributed by atoms with Gasteiger partial charge in [0.2, 0.25) is 0 Å². The minimum atomic E-state index is 0.0343. The van der Waals surface area contributed by atoms with Gasteiger partial charge in [0.25, 0.3) is 0 Å².